The summed E-state index contributed by atoms with van der Waals surface area (Å²) in [6.45, 7) is 0.284. The van der Waals surface area contributed by atoms with Crippen LogP contribution in [0.5, 0.6) is 0 Å². The quantitative estimate of drug-likeness (QED) is 0.755. The molecule has 0 fully saturated rings. The van der Waals surface area contributed by atoms with Crippen LogP contribution in [-0.4, -0.2) is 32.3 Å². The summed E-state index contributed by atoms with van der Waals surface area (Å²) >= 11 is 1.55. The van der Waals surface area contributed by atoms with E-state index in [1.54, 1.807) is 23.5 Å². The minimum atomic E-state index is -3.78. The van der Waals surface area contributed by atoms with Crippen LogP contribution < -0.4 is 0 Å². The molecule has 1 aromatic heterocycles. The first-order valence-electron chi connectivity index (χ1n) is 8.80. The van der Waals surface area contributed by atoms with Gasteiger partial charge in [0.1, 0.15) is 6.04 Å². The average molecular weight is 392 g/mol. The van der Waals surface area contributed by atoms with Gasteiger partial charge >= 0.3 is 5.97 Å². The average Bonchev–Trinajstić information content (AvgIpc) is 3.15. The molecule has 0 spiro atoms. The lowest BCUT2D eigenvalue weighted by molar-refractivity contribution is -0.145. The number of ether oxygens (including phenoxy) is 1. The Bertz CT molecular complexity index is 948. The third kappa shape index (κ3) is 2.88. The van der Waals surface area contributed by atoms with Crippen molar-refractivity contribution in [3.05, 3.63) is 51.2 Å². The number of nitrogens with zero attached hydrogens (tertiary/aromatic N) is 1. The van der Waals surface area contributed by atoms with Crippen molar-refractivity contribution in [1.82, 2.24) is 4.31 Å². The van der Waals surface area contributed by atoms with Crippen molar-refractivity contribution in [2.45, 2.75) is 43.0 Å². The number of aryl methyl sites for hydroxylation is 2. The first-order chi connectivity index (χ1) is 12.5. The molecular weight excluding hydrogens is 370 g/mol. The highest BCUT2D eigenvalue weighted by Gasteiger charge is 2.42. The summed E-state index contributed by atoms with van der Waals surface area (Å²) in [4.78, 5) is 13.7. The molecule has 2 aliphatic rings. The van der Waals surface area contributed by atoms with Crippen LogP contribution in [0.1, 0.15) is 40.5 Å². The Morgan fingerprint density at radius 2 is 1.92 bits per heavy atom. The number of hydrogen-bond donors (Lipinski definition) is 0. The largest absolute Gasteiger partial charge is 0.468 e. The summed E-state index contributed by atoms with van der Waals surface area (Å²) < 4.78 is 32.9. The summed E-state index contributed by atoms with van der Waals surface area (Å²) in [5.74, 6) is -0.536. The zero-order chi connectivity index (χ0) is 18.3. The molecule has 1 aromatic carbocycles. The van der Waals surface area contributed by atoms with Gasteiger partial charge < -0.3 is 4.74 Å². The van der Waals surface area contributed by atoms with E-state index in [0.717, 1.165) is 41.7 Å². The molecule has 0 radical (unpaired) electrons. The maximum Gasteiger partial charge on any atom is 0.328 e. The van der Waals surface area contributed by atoms with Gasteiger partial charge in [-0.3, -0.25) is 0 Å². The molecule has 2 heterocycles. The number of fused-ring (bicyclic) bond motifs is 2. The summed E-state index contributed by atoms with van der Waals surface area (Å²) in [5, 5.41) is 1.90. The second kappa shape index (κ2) is 6.79. The summed E-state index contributed by atoms with van der Waals surface area (Å²) in [6, 6.07) is 6.32. The Labute approximate surface area is 157 Å². The molecule has 138 valence electrons. The fraction of sp³-hybridized carbons (Fsp3) is 0.421. The molecule has 0 bridgehead atoms. The van der Waals surface area contributed by atoms with Crippen molar-refractivity contribution >= 4 is 27.3 Å². The van der Waals surface area contributed by atoms with Gasteiger partial charge in [0.05, 0.1) is 12.0 Å². The monoisotopic (exact) mass is 391 g/mol. The van der Waals surface area contributed by atoms with Crippen molar-refractivity contribution in [3.8, 4) is 0 Å². The van der Waals surface area contributed by atoms with E-state index < -0.39 is 22.0 Å². The van der Waals surface area contributed by atoms with Crippen LogP contribution in [-0.2, 0) is 38.8 Å². The maximum absolute atomic E-state index is 13.4. The summed E-state index contributed by atoms with van der Waals surface area (Å²) in [6.07, 6.45) is 4.76. The van der Waals surface area contributed by atoms with Crippen molar-refractivity contribution in [3.63, 3.8) is 0 Å². The zero-order valence-corrected chi connectivity index (χ0v) is 16.2. The fourth-order valence-electron chi connectivity index (χ4n) is 3.91. The first kappa shape index (κ1) is 17.7. The summed E-state index contributed by atoms with van der Waals surface area (Å²) in [7, 11) is -2.48. The minimum Gasteiger partial charge on any atom is -0.468 e. The Kier molecular flexibility index (Phi) is 4.62. The highest BCUT2D eigenvalue weighted by Crippen LogP contribution is 2.38. The zero-order valence-electron chi connectivity index (χ0n) is 14.6. The van der Waals surface area contributed by atoms with Gasteiger partial charge in [0, 0.05) is 11.4 Å². The van der Waals surface area contributed by atoms with Crippen LogP contribution in [0.4, 0.5) is 0 Å². The van der Waals surface area contributed by atoms with E-state index in [4.69, 9.17) is 4.74 Å². The van der Waals surface area contributed by atoms with Crippen LogP contribution in [0.25, 0.3) is 0 Å². The van der Waals surface area contributed by atoms with Gasteiger partial charge in [0.15, 0.2) is 0 Å². The molecular formula is C19H21NO4S2. The number of esters is 1. The molecule has 26 heavy (non-hydrogen) atoms. The lowest BCUT2D eigenvalue weighted by atomic mass is 9.92. The highest BCUT2D eigenvalue weighted by atomic mass is 32.2. The van der Waals surface area contributed by atoms with Crippen LogP contribution in [0, 0.1) is 0 Å². The molecule has 5 nitrogen and oxygen atoms in total. The van der Waals surface area contributed by atoms with E-state index in [0.29, 0.717) is 6.42 Å². The standard InChI is InChI=1S/C19H21NO4S2/c1-24-19(21)18-16-9-11-25-17(16)8-10-20(18)26(22,23)15-7-6-13-4-2-3-5-14(13)12-15/h6-7,9,11-12,18H,2-5,8,10H2,1H3. The Balaban J connectivity index is 1.76. The van der Waals surface area contributed by atoms with E-state index in [1.807, 2.05) is 17.5 Å². The number of benzene rings is 1. The van der Waals surface area contributed by atoms with Gasteiger partial charge in [0.2, 0.25) is 10.0 Å². The molecule has 4 rings (SSSR count). The third-order valence-electron chi connectivity index (χ3n) is 5.27. The number of hydrogen-bond acceptors (Lipinski definition) is 5. The molecule has 2 aromatic rings. The predicted molar refractivity (Wildman–Crippen MR) is 99.8 cm³/mol. The smallest absolute Gasteiger partial charge is 0.328 e. The lowest BCUT2D eigenvalue weighted by Gasteiger charge is -2.33. The number of carbonyl (C=O) groups is 1. The molecule has 0 saturated carbocycles. The van der Waals surface area contributed by atoms with Crippen molar-refractivity contribution < 1.29 is 17.9 Å². The Morgan fingerprint density at radius 1 is 1.15 bits per heavy atom. The number of methoxy groups -OCH3 is 1. The summed E-state index contributed by atoms with van der Waals surface area (Å²) in [5.41, 5.74) is 3.09. The van der Waals surface area contributed by atoms with Gasteiger partial charge in [-0.25, -0.2) is 13.2 Å². The van der Waals surface area contributed by atoms with Crippen LogP contribution in [0.2, 0.25) is 0 Å². The molecule has 1 aliphatic heterocycles. The molecule has 0 amide bonds. The SMILES string of the molecule is COC(=O)C1c2ccsc2CCN1S(=O)(=O)c1ccc2c(c1)CCCC2. The Hall–Kier alpha value is -1.70. The van der Waals surface area contributed by atoms with E-state index in [9.17, 15) is 13.2 Å². The number of rotatable bonds is 3. The second-order valence-electron chi connectivity index (χ2n) is 6.73. The molecule has 0 N–H and O–H groups in total. The Morgan fingerprint density at radius 3 is 2.69 bits per heavy atom. The maximum atomic E-state index is 13.4. The molecule has 1 aliphatic carbocycles. The van der Waals surface area contributed by atoms with E-state index >= 15 is 0 Å². The van der Waals surface area contributed by atoms with E-state index in [-0.39, 0.29) is 11.4 Å². The number of carbonyl (C=O) groups excluding carboxylic acids is 1. The molecule has 1 unspecified atom stereocenters. The third-order valence-corrected chi connectivity index (χ3v) is 8.13. The van der Waals surface area contributed by atoms with Crippen molar-refractivity contribution in [2.75, 3.05) is 13.7 Å². The molecule has 0 saturated heterocycles. The number of sulfonamides is 1. The molecule has 1 atom stereocenters. The van der Waals surface area contributed by atoms with Crippen molar-refractivity contribution in [1.29, 1.82) is 0 Å². The van der Waals surface area contributed by atoms with Crippen LogP contribution in [0.3, 0.4) is 0 Å². The first-order valence-corrected chi connectivity index (χ1v) is 11.1. The predicted octanol–water partition coefficient (Wildman–Crippen LogP) is 3.09. The van der Waals surface area contributed by atoms with E-state index in [1.165, 1.54) is 17.0 Å². The molecule has 7 heteroatoms. The minimum absolute atomic E-state index is 0.269. The lowest BCUT2D eigenvalue weighted by Crippen LogP contribution is -2.43. The topological polar surface area (TPSA) is 63.7 Å². The van der Waals surface area contributed by atoms with Crippen LogP contribution in [0.15, 0.2) is 34.5 Å². The van der Waals surface area contributed by atoms with Gasteiger partial charge in [-0.1, -0.05) is 6.07 Å². The number of thiophene rings is 1. The van der Waals surface area contributed by atoms with Gasteiger partial charge in [-0.05, 0) is 72.4 Å². The normalized spacial score (nSPS) is 20.3. The van der Waals surface area contributed by atoms with E-state index in [2.05, 4.69) is 0 Å². The van der Waals surface area contributed by atoms with Crippen molar-refractivity contribution in [2.24, 2.45) is 0 Å². The highest BCUT2D eigenvalue weighted by molar-refractivity contribution is 7.89. The van der Waals surface area contributed by atoms with Gasteiger partial charge in [0.25, 0.3) is 0 Å². The van der Waals surface area contributed by atoms with Crippen LogP contribution >= 0.6 is 11.3 Å². The van der Waals surface area contributed by atoms with Gasteiger partial charge in [-0.2, -0.15) is 4.31 Å². The second-order valence-corrected chi connectivity index (χ2v) is 9.62. The van der Waals surface area contributed by atoms with Gasteiger partial charge in [-0.15, -0.1) is 11.3 Å². The fourth-order valence-corrected chi connectivity index (χ4v) is 6.43.